The van der Waals surface area contributed by atoms with Gasteiger partial charge >= 0.3 is 14.6 Å². The largest absolute Gasteiger partial charge is 0.460 e. The van der Waals surface area contributed by atoms with Crippen LogP contribution < -0.4 is 0 Å². The Labute approximate surface area is 212 Å². The topological polar surface area (TPSA) is 68.2 Å². The molecule has 0 saturated carbocycles. The fraction of sp³-hybridized carbons (Fsp3) is 0.963. The average molecular weight is 506 g/mol. The molecule has 0 spiro atoms. The third-order valence-electron chi connectivity index (χ3n) is 6.04. The van der Waals surface area contributed by atoms with Crippen LogP contribution in [0.5, 0.6) is 0 Å². The van der Waals surface area contributed by atoms with Crippen molar-refractivity contribution >= 4 is 14.6 Å². The van der Waals surface area contributed by atoms with Gasteiger partial charge in [-0.15, -0.1) is 0 Å². The Morgan fingerprint density at radius 2 is 1.26 bits per heavy atom. The minimum atomic E-state index is -1.92. The lowest BCUT2D eigenvalue weighted by molar-refractivity contribution is -0.150. The Bertz CT molecular complexity index is 439. The molecule has 0 fully saturated rings. The zero-order chi connectivity index (χ0) is 25.3. The molecule has 0 saturated heterocycles. The number of nitrogens with zero attached hydrogens (tertiary/aromatic N) is 1. The van der Waals surface area contributed by atoms with Gasteiger partial charge in [0.25, 0.3) is 0 Å². The summed E-state index contributed by atoms with van der Waals surface area (Å²) in [5.41, 5.74) is 0. The summed E-state index contributed by atoms with van der Waals surface area (Å²) in [5, 5.41) is 0. The lowest BCUT2D eigenvalue weighted by atomic mass is 10.0. The first kappa shape index (κ1) is 33.7. The van der Waals surface area contributed by atoms with Crippen LogP contribution in [0.1, 0.15) is 129 Å². The van der Waals surface area contributed by atoms with Gasteiger partial charge in [-0.3, -0.25) is 4.79 Å². The zero-order valence-electron chi connectivity index (χ0n) is 22.9. The minimum absolute atomic E-state index is 0.195. The second kappa shape index (κ2) is 25.8. The molecule has 34 heavy (non-hydrogen) atoms. The molecule has 0 aliphatic carbocycles. The molecule has 2 atom stereocenters. The summed E-state index contributed by atoms with van der Waals surface area (Å²) in [6.07, 6.45) is 21.6. The van der Waals surface area contributed by atoms with Gasteiger partial charge in [0.05, 0.1) is 13.2 Å². The highest BCUT2D eigenvalue weighted by Gasteiger charge is 2.17. The fourth-order valence-electron chi connectivity index (χ4n) is 3.90. The predicted molar refractivity (Wildman–Crippen MR) is 144 cm³/mol. The van der Waals surface area contributed by atoms with E-state index in [9.17, 15) is 9.69 Å². The lowest BCUT2D eigenvalue weighted by Crippen LogP contribution is -2.22. The van der Waals surface area contributed by atoms with E-state index < -0.39 is 8.60 Å². The van der Waals surface area contributed by atoms with Crippen molar-refractivity contribution in [2.75, 3.05) is 33.9 Å². The summed E-state index contributed by atoms with van der Waals surface area (Å²) < 4.78 is 16.3. The van der Waals surface area contributed by atoms with E-state index in [1.165, 1.54) is 83.5 Å². The summed E-state index contributed by atoms with van der Waals surface area (Å²) in [7, 11) is 2.08. The highest BCUT2D eigenvalue weighted by Crippen LogP contribution is 2.33. The van der Waals surface area contributed by atoms with Crippen LogP contribution in [0.2, 0.25) is 0 Å². The van der Waals surface area contributed by atoms with Gasteiger partial charge in [-0.2, -0.15) is 0 Å². The van der Waals surface area contributed by atoms with Crippen LogP contribution >= 0.6 is 8.60 Å². The highest BCUT2D eigenvalue weighted by molar-refractivity contribution is 7.40. The lowest BCUT2D eigenvalue weighted by Gasteiger charge is -2.19. The van der Waals surface area contributed by atoms with Crippen molar-refractivity contribution in [3.05, 3.63) is 0 Å². The van der Waals surface area contributed by atoms with Crippen LogP contribution in [-0.4, -0.2) is 55.7 Å². The highest BCUT2D eigenvalue weighted by atomic mass is 31.2. The van der Waals surface area contributed by atoms with Crippen LogP contribution in [0, 0.1) is 0 Å². The molecule has 0 aromatic rings. The van der Waals surface area contributed by atoms with Crippen molar-refractivity contribution < 1.29 is 23.5 Å². The Kier molecular flexibility index (Phi) is 25.6. The van der Waals surface area contributed by atoms with E-state index >= 15 is 0 Å². The Balaban J connectivity index is 3.73. The molecule has 7 heteroatoms. The van der Waals surface area contributed by atoms with Crippen molar-refractivity contribution in [3.8, 4) is 0 Å². The van der Waals surface area contributed by atoms with E-state index in [1.807, 2.05) is 14.1 Å². The van der Waals surface area contributed by atoms with Crippen molar-refractivity contribution in [3.63, 3.8) is 0 Å². The standard InChI is InChI=1S/C27H56NO5P/c1-5-7-8-9-10-11-12-13-14-15-16-17-18-19-20-22-26(33-27(29)6-2)25-32-34(30)31-24-21-23-28(3)4/h26,30H,5-25H2,1-4H3. The summed E-state index contributed by atoms with van der Waals surface area (Å²) in [6, 6.07) is 0. The number of unbranched alkanes of at least 4 members (excludes halogenated alkanes) is 14. The smallest absolute Gasteiger partial charge is 0.329 e. The van der Waals surface area contributed by atoms with Crippen molar-refractivity contribution in [1.82, 2.24) is 4.90 Å². The Morgan fingerprint density at radius 1 is 0.765 bits per heavy atom. The Morgan fingerprint density at radius 3 is 1.74 bits per heavy atom. The monoisotopic (exact) mass is 505 g/mol. The maximum absolute atomic E-state index is 11.7. The summed E-state index contributed by atoms with van der Waals surface area (Å²) in [6.45, 7) is 5.62. The Hall–Kier alpha value is -0.260. The van der Waals surface area contributed by atoms with Crippen molar-refractivity contribution in [2.45, 2.75) is 136 Å². The van der Waals surface area contributed by atoms with Gasteiger partial charge in [0.1, 0.15) is 6.10 Å². The number of rotatable bonds is 26. The second-order valence-electron chi connectivity index (χ2n) is 9.73. The number of carbonyl (C=O) groups excluding carboxylic acids is 1. The summed E-state index contributed by atoms with van der Waals surface area (Å²) in [5.74, 6) is -0.219. The number of carbonyl (C=O) groups is 1. The first-order chi connectivity index (χ1) is 16.5. The molecule has 0 amide bonds. The van der Waals surface area contributed by atoms with Gasteiger partial charge in [-0.1, -0.05) is 104 Å². The third kappa shape index (κ3) is 24.9. The summed E-state index contributed by atoms with van der Waals surface area (Å²) in [4.78, 5) is 23.7. The maximum atomic E-state index is 11.7. The number of hydrogen-bond donors (Lipinski definition) is 1. The van der Waals surface area contributed by atoms with E-state index in [1.54, 1.807) is 6.92 Å². The molecular weight excluding hydrogens is 449 g/mol. The van der Waals surface area contributed by atoms with Crippen LogP contribution in [0.15, 0.2) is 0 Å². The molecule has 6 nitrogen and oxygen atoms in total. The SMILES string of the molecule is CCCCCCCCCCCCCCCCCC(COP(O)OCCCN(C)C)OC(=O)CC. The quantitative estimate of drug-likeness (QED) is 0.0735. The normalized spacial score (nSPS) is 13.4. The van der Waals surface area contributed by atoms with Gasteiger partial charge < -0.3 is 23.6 Å². The van der Waals surface area contributed by atoms with E-state index in [4.69, 9.17) is 13.8 Å². The van der Waals surface area contributed by atoms with Gasteiger partial charge in [0.15, 0.2) is 0 Å². The van der Waals surface area contributed by atoms with Crippen LogP contribution in [0.4, 0.5) is 0 Å². The van der Waals surface area contributed by atoms with E-state index in [0.717, 1.165) is 32.2 Å². The van der Waals surface area contributed by atoms with Crippen molar-refractivity contribution in [2.24, 2.45) is 0 Å². The van der Waals surface area contributed by atoms with Crippen LogP contribution in [0.25, 0.3) is 0 Å². The molecule has 0 bridgehead atoms. The van der Waals surface area contributed by atoms with Gasteiger partial charge in [-0.25, -0.2) is 0 Å². The summed E-state index contributed by atoms with van der Waals surface area (Å²) >= 11 is 0. The molecule has 2 unspecified atom stereocenters. The number of ether oxygens (including phenoxy) is 1. The van der Waals surface area contributed by atoms with Gasteiger partial charge in [0, 0.05) is 6.42 Å². The van der Waals surface area contributed by atoms with E-state index in [2.05, 4.69) is 11.8 Å². The zero-order valence-corrected chi connectivity index (χ0v) is 23.8. The second-order valence-corrected chi connectivity index (χ2v) is 10.7. The minimum Gasteiger partial charge on any atom is -0.460 e. The maximum Gasteiger partial charge on any atom is 0.329 e. The molecule has 0 rings (SSSR count). The fourth-order valence-corrected chi connectivity index (χ4v) is 4.55. The molecular formula is C27H56NO5P. The van der Waals surface area contributed by atoms with Crippen molar-refractivity contribution in [1.29, 1.82) is 0 Å². The molecule has 0 radical (unpaired) electrons. The molecule has 0 aliphatic rings. The van der Waals surface area contributed by atoms with E-state index in [0.29, 0.717) is 13.0 Å². The molecule has 0 heterocycles. The first-order valence-corrected chi connectivity index (χ1v) is 15.2. The average Bonchev–Trinajstić information content (AvgIpc) is 2.82. The molecule has 204 valence electrons. The molecule has 0 aromatic carbocycles. The van der Waals surface area contributed by atoms with Crippen LogP contribution in [-0.2, 0) is 18.6 Å². The first-order valence-electron chi connectivity index (χ1n) is 14.1. The molecule has 0 aliphatic heterocycles. The van der Waals surface area contributed by atoms with Crippen LogP contribution in [0.3, 0.4) is 0 Å². The predicted octanol–water partition coefficient (Wildman–Crippen LogP) is 7.77. The van der Waals surface area contributed by atoms with Gasteiger partial charge in [0.2, 0.25) is 0 Å². The molecule has 1 N–H and O–H groups in total. The number of esters is 1. The third-order valence-corrected chi connectivity index (χ3v) is 6.81. The van der Waals surface area contributed by atoms with Gasteiger partial charge in [-0.05, 0) is 39.9 Å². The molecule has 0 aromatic heterocycles. The number of hydrogen-bond acceptors (Lipinski definition) is 6. The van der Waals surface area contributed by atoms with E-state index in [-0.39, 0.29) is 18.7 Å².